The van der Waals surface area contributed by atoms with E-state index in [4.69, 9.17) is 10.00 Å². The summed E-state index contributed by atoms with van der Waals surface area (Å²) in [7, 11) is 0. The lowest BCUT2D eigenvalue weighted by molar-refractivity contribution is -0.0786. The topological polar surface area (TPSA) is 107 Å². The minimum absolute atomic E-state index is 0.273. The second kappa shape index (κ2) is 5.54. The third-order valence-electron chi connectivity index (χ3n) is 2.56. The highest BCUT2D eigenvalue weighted by atomic mass is 32.2. The number of hydrogen-bond donors (Lipinski definition) is 3. The van der Waals surface area contributed by atoms with Crippen molar-refractivity contribution >= 4 is 11.8 Å². The number of thioether (sulfide) groups is 1. The molecule has 0 spiro atoms. The first-order valence-electron chi connectivity index (χ1n) is 5.30. The molecule has 7 heteroatoms. The van der Waals surface area contributed by atoms with Crippen molar-refractivity contribution in [2.24, 2.45) is 0 Å². The molecule has 3 N–H and O–H groups in total. The Morgan fingerprint density at radius 2 is 2.11 bits per heavy atom. The average molecular weight is 268 g/mol. The van der Waals surface area contributed by atoms with E-state index in [9.17, 15) is 15.3 Å². The van der Waals surface area contributed by atoms with Crippen molar-refractivity contribution < 1.29 is 20.1 Å². The summed E-state index contributed by atoms with van der Waals surface area (Å²) in [5.74, 6) is 0.682. The molecule has 1 aliphatic rings. The van der Waals surface area contributed by atoms with Gasteiger partial charge < -0.3 is 20.1 Å². The van der Waals surface area contributed by atoms with Crippen LogP contribution in [0.2, 0.25) is 0 Å². The largest absolute Gasteiger partial charge is 0.475 e. The molecule has 0 bridgehead atoms. The Kier molecular flexibility index (Phi) is 4.04. The van der Waals surface area contributed by atoms with Crippen LogP contribution in [0, 0.1) is 11.3 Å². The van der Waals surface area contributed by atoms with Crippen LogP contribution in [0.5, 0.6) is 5.75 Å². The molecule has 2 rings (SSSR count). The van der Waals surface area contributed by atoms with Crippen LogP contribution in [0.1, 0.15) is 5.69 Å². The molecule has 0 unspecified atom stereocenters. The molecule has 1 fully saturated rings. The van der Waals surface area contributed by atoms with E-state index in [1.165, 1.54) is 24.0 Å². The Morgan fingerprint density at radius 3 is 2.72 bits per heavy atom. The van der Waals surface area contributed by atoms with Crippen molar-refractivity contribution in [1.29, 1.82) is 5.26 Å². The first-order valence-corrected chi connectivity index (χ1v) is 6.35. The lowest BCUT2D eigenvalue weighted by atomic mass is 10.1. The van der Waals surface area contributed by atoms with Gasteiger partial charge in [0.05, 0.1) is 12.3 Å². The van der Waals surface area contributed by atoms with E-state index in [-0.39, 0.29) is 11.4 Å². The highest BCUT2D eigenvalue weighted by Gasteiger charge is 2.38. The third kappa shape index (κ3) is 2.73. The van der Waals surface area contributed by atoms with Crippen LogP contribution < -0.4 is 4.74 Å². The number of ether oxygens (including phenoxy) is 1. The maximum Gasteiger partial charge on any atom is 0.173 e. The molecule has 6 nitrogen and oxygen atoms in total. The number of nitriles is 1. The number of hydrogen-bond acceptors (Lipinski definition) is 7. The van der Waals surface area contributed by atoms with Gasteiger partial charge in [-0.2, -0.15) is 5.26 Å². The summed E-state index contributed by atoms with van der Waals surface area (Å²) in [5, 5.41) is 37.2. The van der Waals surface area contributed by atoms with Gasteiger partial charge in [-0.15, -0.1) is 11.8 Å². The summed E-state index contributed by atoms with van der Waals surface area (Å²) >= 11 is 1.21. The summed E-state index contributed by atoms with van der Waals surface area (Å²) < 4.78 is 5.46. The van der Waals surface area contributed by atoms with Crippen molar-refractivity contribution in [3.63, 3.8) is 0 Å². The predicted molar refractivity (Wildman–Crippen MR) is 63.8 cm³/mol. The van der Waals surface area contributed by atoms with Crippen LogP contribution in [-0.4, -0.2) is 49.8 Å². The van der Waals surface area contributed by atoms with Crippen molar-refractivity contribution in [3.05, 3.63) is 24.0 Å². The van der Waals surface area contributed by atoms with Gasteiger partial charge in [0, 0.05) is 5.75 Å². The minimum Gasteiger partial charge on any atom is -0.475 e. The van der Waals surface area contributed by atoms with Crippen molar-refractivity contribution in [2.45, 2.75) is 23.7 Å². The molecule has 96 valence electrons. The molecule has 18 heavy (non-hydrogen) atoms. The second-order valence-electron chi connectivity index (χ2n) is 3.86. The fraction of sp³-hybridized carbons (Fsp3) is 0.455. The SMILES string of the molecule is N#Cc1ccc(O[C@@H]2SC[C@@H](O)[C@H](O)[C@H]2O)cn1. The van der Waals surface area contributed by atoms with Gasteiger partial charge in [0.1, 0.15) is 29.7 Å². The fourth-order valence-electron chi connectivity index (χ4n) is 1.53. The first-order chi connectivity index (χ1) is 8.61. The van der Waals surface area contributed by atoms with Gasteiger partial charge in [-0.25, -0.2) is 4.98 Å². The molecule has 1 saturated heterocycles. The van der Waals surface area contributed by atoms with Crippen LogP contribution in [0.3, 0.4) is 0 Å². The Balaban J connectivity index is 2.02. The summed E-state index contributed by atoms with van der Waals surface area (Å²) in [5.41, 5.74) is -0.396. The van der Waals surface area contributed by atoms with Crippen molar-refractivity contribution in [1.82, 2.24) is 4.98 Å². The molecule has 2 heterocycles. The molecule has 1 aromatic heterocycles. The maximum atomic E-state index is 9.74. The summed E-state index contributed by atoms with van der Waals surface area (Å²) in [4.78, 5) is 3.83. The van der Waals surface area contributed by atoms with Crippen molar-refractivity contribution in [2.75, 3.05) is 5.75 Å². The van der Waals surface area contributed by atoms with Gasteiger partial charge >= 0.3 is 0 Å². The van der Waals surface area contributed by atoms with E-state index in [0.717, 1.165) is 0 Å². The molecule has 0 radical (unpaired) electrons. The van der Waals surface area contributed by atoms with Crippen molar-refractivity contribution in [3.8, 4) is 11.8 Å². The molecular formula is C11H12N2O4S. The number of nitrogens with zero attached hydrogens (tertiary/aromatic N) is 2. The highest BCUT2D eigenvalue weighted by molar-refractivity contribution is 7.99. The maximum absolute atomic E-state index is 9.74. The van der Waals surface area contributed by atoms with Gasteiger partial charge in [0.25, 0.3) is 0 Å². The molecule has 0 saturated carbocycles. The van der Waals surface area contributed by atoms with E-state index >= 15 is 0 Å². The van der Waals surface area contributed by atoms with Gasteiger partial charge in [-0.3, -0.25) is 0 Å². The van der Waals surface area contributed by atoms with E-state index in [1.807, 2.05) is 6.07 Å². The van der Waals surface area contributed by atoms with Crippen LogP contribution in [0.4, 0.5) is 0 Å². The molecule has 0 amide bonds. The van der Waals surface area contributed by atoms with Crippen LogP contribution in [-0.2, 0) is 0 Å². The highest BCUT2D eigenvalue weighted by Crippen LogP contribution is 2.28. The number of pyridine rings is 1. The normalized spacial score (nSPS) is 31.7. The Morgan fingerprint density at radius 1 is 1.33 bits per heavy atom. The molecule has 4 atom stereocenters. The monoisotopic (exact) mass is 268 g/mol. The van der Waals surface area contributed by atoms with E-state index in [0.29, 0.717) is 5.75 Å². The molecule has 0 aliphatic carbocycles. The zero-order valence-corrected chi connectivity index (χ0v) is 10.1. The zero-order chi connectivity index (χ0) is 13.1. The smallest absolute Gasteiger partial charge is 0.173 e. The fourth-order valence-corrected chi connectivity index (χ4v) is 2.65. The van der Waals surface area contributed by atoms with Gasteiger partial charge in [-0.05, 0) is 12.1 Å². The van der Waals surface area contributed by atoms with Gasteiger partial charge in [0.15, 0.2) is 5.44 Å². The second-order valence-corrected chi connectivity index (χ2v) is 4.99. The molecule has 1 aromatic rings. The molecule has 1 aliphatic heterocycles. The first kappa shape index (κ1) is 13.1. The van der Waals surface area contributed by atoms with E-state index in [2.05, 4.69) is 4.98 Å². The summed E-state index contributed by atoms with van der Waals surface area (Å²) in [6.07, 6.45) is -1.97. The minimum atomic E-state index is -1.22. The van der Waals surface area contributed by atoms with E-state index < -0.39 is 23.7 Å². The lowest BCUT2D eigenvalue weighted by Gasteiger charge is -2.34. The molecular weight excluding hydrogens is 256 g/mol. The number of aliphatic hydroxyl groups excluding tert-OH is 3. The van der Waals surface area contributed by atoms with Crippen LogP contribution in [0.15, 0.2) is 18.3 Å². The Bertz CT molecular complexity index is 447. The van der Waals surface area contributed by atoms with E-state index in [1.54, 1.807) is 6.07 Å². The average Bonchev–Trinajstić information content (AvgIpc) is 2.40. The summed E-state index contributed by atoms with van der Waals surface area (Å²) in [6.45, 7) is 0. The van der Waals surface area contributed by atoms with Crippen LogP contribution in [0.25, 0.3) is 0 Å². The zero-order valence-electron chi connectivity index (χ0n) is 9.30. The van der Waals surface area contributed by atoms with Crippen LogP contribution >= 0.6 is 11.8 Å². The summed E-state index contributed by atoms with van der Waals surface area (Å²) in [6, 6.07) is 4.95. The Labute approximate surface area is 108 Å². The Hall–Kier alpha value is -1.33. The quantitative estimate of drug-likeness (QED) is 0.663. The number of aromatic nitrogens is 1. The number of rotatable bonds is 2. The predicted octanol–water partition coefficient (Wildman–Crippen LogP) is -0.512. The number of aliphatic hydroxyl groups is 3. The van der Waals surface area contributed by atoms with Gasteiger partial charge in [0.2, 0.25) is 0 Å². The standard InChI is InChI=1S/C11H12N2O4S/c12-3-6-1-2-7(4-13-6)17-11-10(16)9(15)8(14)5-18-11/h1-2,4,8-11,14-16H,5H2/t8-,9+,10-,11-/m1/s1. The molecule has 0 aromatic carbocycles. The lowest BCUT2D eigenvalue weighted by Crippen LogP contribution is -2.50. The van der Waals surface area contributed by atoms with Gasteiger partial charge in [-0.1, -0.05) is 0 Å². The third-order valence-corrected chi connectivity index (χ3v) is 3.79.